The Labute approximate surface area is 140 Å². The molecular weight excluding hydrogens is 386 g/mol. The average Bonchev–Trinajstić information content (AvgIpc) is 2.42. The van der Waals surface area contributed by atoms with E-state index in [1.165, 1.54) is 10.8 Å². The lowest BCUT2D eigenvalue weighted by Gasteiger charge is -2.28. The number of hydrogen-bond donors (Lipinski definition) is 2. The van der Waals surface area contributed by atoms with Gasteiger partial charge in [0.15, 0.2) is 0 Å². The fourth-order valence-electron chi connectivity index (χ4n) is 2.15. The third-order valence-electron chi connectivity index (χ3n) is 3.31. The Morgan fingerprint density at radius 1 is 1.12 bits per heavy atom. The predicted molar refractivity (Wildman–Crippen MR) is 75.3 cm³/mol. The summed E-state index contributed by atoms with van der Waals surface area (Å²) < 4.78 is 99.1. The molecule has 1 heterocycles. The van der Waals surface area contributed by atoms with Crippen molar-refractivity contribution in [3.8, 4) is 0 Å². The Morgan fingerprint density at radius 3 is 2.29 bits per heavy atom. The number of fused-ring (bicyclic) bond motifs is 1. The SMILES string of the molecule is Cl.O=S(=O)(NCC(F)(F)F)c1ccc2c(c1)CNC(C(F)(F)F)C2. The van der Waals surface area contributed by atoms with Crippen molar-refractivity contribution >= 4 is 22.4 Å². The van der Waals surface area contributed by atoms with Gasteiger partial charge >= 0.3 is 12.4 Å². The van der Waals surface area contributed by atoms with Crippen LogP contribution >= 0.6 is 12.4 Å². The molecule has 12 heteroatoms. The topological polar surface area (TPSA) is 58.2 Å². The van der Waals surface area contributed by atoms with Gasteiger partial charge in [-0.25, -0.2) is 13.1 Å². The van der Waals surface area contributed by atoms with E-state index in [9.17, 15) is 34.8 Å². The molecule has 1 unspecified atom stereocenters. The van der Waals surface area contributed by atoms with E-state index in [2.05, 4.69) is 5.32 Å². The number of alkyl halides is 6. The number of halogens is 7. The Kier molecular flexibility index (Phi) is 6.18. The maximum Gasteiger partial charge on any atom is 0.404 e. The molecule has 0 radical (unpaired) electrons. The number of hydrogen-bond acceptors (Lipinski definition) is 3. The molecule has 1 aromatic rings. The van der Waals surface area contributed by atoms with E-state index in [4.69, 9.17) is 0 Å². The molecule has 1 atom stereocenters. The number of rotatable bonds is 3. The minimum absolute atomic E-state index is 0. The van der Waals surface area contributed by atoms with Gasteiger partial charge in [-0.05, 0) is 29.7 Å². The minimum atomic E-state index is -4.71. The van der Waals surface area contributed by atoms with Gasteiger partial charge in [-0.15, -0.1) is 12.4 Å². The van der Waals surface area contributed by atoms with Crippen molar-refractivity contribution < 1.29 is 34.8 Å². The van der Waals surface area contributed by atoms with Crippen LogP contribution in [0.1, 0.15) is 11.1 Å². The van der Waals surface area contributed by atoms with E-state index < -0.39 is 39.9 Å². The lowest BCUT2D eigenvalue weighted by molar-refractivity contribution is -0.157. The molecule has 0 spiro atoms. The van der Waals surface area contributed by atoms with Crippen LogP contribution in [0.3, 0.4) is 0 Å². The standard InChI is InChI=1S/C12H12F6N2O2S.ClH/c13-11(14,15)6-20-23(21,22)9-2-1-7-4-10(12(16,17)18)19-5-8(7)3-9;/h1-3,10,19-20H,4-6H2;1H. The molecule has 1 aliphatic rings. The summed E-state index contributed by atoms with van der Waals surface area (Å²) in [5.74, 6) is 0. The first-order valence-corrected chi connectivity index (χ1v) is 7.85. The van der Waals surface area contributed by atoms with Crippen LogP contribution in [0.2, 0.25) is 0 Å². The maximum atomic E-state index is 12.6. The molecule has 1 aliphatic heterocycles. The van der Waals surface area contributed by atoms with E-state index in [1.54, 1.807) is 0 Å². The van der Waals surface area contributed by atoms with Crippen molar-refractivity contribution in [3.05, 3.63) is 29.3 Å². The molecule has 2 N–H and O–H groups in total. The molecule has 0 bridgehead atoms. The highest BCUT2D eigenvalue weighted by molar-refractivity contribution is 7.89. The van der Waals surface area contributed by atoms with Gasteiger partial charge < -0.3 is 5.32 Å². The summed E-state index contributed by atoms with van der Waals surface area (Å²) in [5.41, 5.74) is 0.612. The fraction of sp³-hybridized carbons (Fsp3) is 0.500. The van der Waals surface area contributed by atoms with Gasteiger partial charge in [-0.2, -0.15) is 26.3 Å². The van der Waals surface area contributed by atoms with Crippen LogP contribution in [-0.4, -0.2) is 33.4 Å². The third-order valence-corrected chi connectivity index (χ3v) is 4.71. The zero-order valence-corrected chi connectivity index (χ0v) is 13.5. The smallest absolute Gasteiger partial charge is 0.302 e. The van der Waals surface area contributed by atoms with Gasteiger partial charge in [-0.1, -0.05) is 6.07 Å². The second-order valence-corrected chi connectivity index (χ2v) is 6.82. The van der Waals surface area contributed by atoms with E-state index >= 15 is 0 Å². The molecule has 1 aromatic carbocycles. The molecule has 0 aromatic heterocycles. The average molecular weight is 399 g/mol. The van der Waals surface area contributed by atoms with Crippen LogP contribution < -0.4 is 10.0 Å². The van der Waals surface area contributed by atoms with Crippen LogP contribution in [0.4, 0.5) is 26.3 Å². The zero-order valence-electron chi connectivity index (χ0n) is 11.8. The first kappa shape index (κ1) is 21.0. The highest BCUT2D eigenvalue weighted by atomic mass is 35.5. The normalized spacial score (nSPS) is 18.7. The number of nitrogens with one attached hydrogen (secondary N) is 2. The van der Waals surface area contributed by atoms with E-state index in [0.29, 0.717) is 11.1 Å². The van der Waals surface area contributed by atoms with Crippen LogP contribution in [0, 0.1) is 0 Å². The van der Waals surface area contributed by atoms with Crippen molar-refractivity contribution in [2.45, 2.75) is 36.3 Å². The van der Waals surface area contributed by atoms with Crippen molar-refractivity contribution in [2.75, 3.05) is 6.54 Å². The summed E-state index contributed by atoms with van der Waals surface area (Å²) >= 11 is 0. The number of sulfonamides is 1. The molecule has 4 nitrogen and oxygen atoms in total. The van der Waals surface area contributed by atoms with Crippen molar-refractivity contribution in [2.24, 2.45) is 0 Å². The van der Waals surface area contributed by atoms with Crippen molar-refractivity contribution in [1.82, 2.24) is 10.0 Å². The monoisotopic (exact) mass is 398 g/mol. The molecule has 24 heavy (non-hydrogen) atoms. The number of benzene rings is 1. The maximum absolute atomic E-state index is 12.6. The summed E-state index contributed by atoms with van der Waals surface area (Å²) in [6.45, 7) is -1.94. The van der Waals surface area contributed by atoms with Crippen LogP contribution in [0.25, 0.3) is 0 Å². The first-order chi connectivity index (χ1) is 10.4. The lowest BCUT2D eigenvalue weighted by atomic mass is 9.96. The summed E-state index contributed by atoms with van der Waals surface area (Å²) in [6, 6.07) is 1.53. The molecule has 0 saturated carbocycles. The summed E-state index contributed by atoms with van der Waals surface area (Å²) in [6.07, 6.45) is -9.51. The molecule has 0 saturated heterocycles. The van der Waals surface area contributed by atoms with Gasteiger partial charge in [0.05, 0.1) is 4.90 Å². The lowest BCUT2D eigenvalue weighted by Crippen LogP contribution is -2.46. The third kappa shape index (κ3) is 5.23. The molecule has 0 aliphatic carbocycles. The molecule has 138 valence electrons. The van der Waals surface area contributed by atoms with Crippen LogP contribution in [0.5, 0.6) is 0 Å². The summed E-state index contributed by atoms with van der Waals surface area (Å²) in [5, 5.41) is 2.23. The zero-order chi connectivity index (χ0) is 17.5. The Balaban J connectivity index is 0.00000288. The Hall–Kier alpha value is -1.04. The molecule has 0 fully saturated rings. The van der Waals surface area contributed by atoms with Gasteiger partial charge in [0.25, 0.3) is 0 Å². The minimum Gasteiger partial charge on any atom is -0.302 e. The van der Waals surface area contributed by atoms with Gasteiger partial charge in [0.2, 0.25) is 10.0 Å². The Bertz CT molecular complexity index is 690. The quantitative estimate of drug-likeness (QED) is 0.769. The Morgan fingerprint density at radius 2 is 1.75 bits per heavy atom. The highest BCUT2D eigenvalue weighted by Crippen LogP contribution is 2.29. The van der Waals surface area contributed by atoms with Crippen LogP contribution in [0.15, 0.2) is 23.1 Å². The molecule has 0 amide bonds. The second kappa shape index (κ2) is 7.06. The van der Waals surface area contributed by atoms with E-state index in [-0.39, 0.29) is 25.4 Å². The van der Waals surface area contributed by atoms with Gasteiger partial charge in [0, 0.05) is 6.54 Å². The van der Waals surface area contributed by atoms with Crippen LogP contribution in [-0.2, 0) is 23.0 Å². The van der Waals surface area contributed by atoms with Gasteiger partial charge in [-0.3, -0.25) is 0 Å². The van der Waals surface area contributed by atoms with E-state index in [1.807, 2.05) is 0 Å². The molecule has 2 rings (SSSR count). The fourth-order valence-corrected chi connectivity index (χ4v) is 3.21. The second-order valence-electron chi connectivity index (χ2n) is 5.05. The van der Waals surface area contributed by atoms with Gasteiger partial charge in [0.1, 0.15) is 12.6 Å². The summed E-state index contributed by atoms with van der Waals surface area (Å²) in [7, 11) is -4.39. The van der Waals surface area contributed by atoms with Crippen molar-refractivity contribution in [1.29, 1.82) is 0 Å². The summed E-state index contributed by atoms with van der Waals surface area (Å²) in [4.78, 5) is -0.423. The molecular formula is C12H13ClF6N2O2S. The highest BCUT2D eigenvalue weighted by Gasteiger charge is 2.41. The van der Waals surface area contributed by atoms with E-state index in [0.717, 1.165) is 12.1 Å². The predicted octanol–water partition coefficient (Wildman–Crippen LogP) is 2.53. The first-order valence-electron chi connectivity index (χ1n) is 6.37. The largest absolute Gasteiger partial charge is 0.404 e. The van der Waals surface area contributed by atoms with Crippen molar-refractivity contribution in [3.63, 3.8) is 0 Å².